The minimum absolute atomic E-state index is 0.289. The van der Waals surface area contributed by atoms with Gasteiger partial charge in [-0.25, -0.2) is 10.2 Å². The predicted octanol–water partition coefficient (Wildman–Crippen LogP) is 4.09. The van der Waals surface area contributed by atoms with Gasteiger partial charge in [-0.2, -0.15) is 5.10 Å². The summed E-state index contributed by atoms with van der Waals surface area (Å²) < 4.78 is 21.5. The van der Waals surface area contributed by atoms with E-state index in [-0.39, 0.29) is 5.75 Å². The van der Waals surface area contributed by atoms with Crippen molar-refractivity contribution in [3.63, 3.8) is 0 Å². The Morgan fingerprint density at radius 1 is 0.848 bits per heavy atom. The molecule has 170 valence electrons. The number of benzene rings is 3. The van der Waals surface area contributed by atoms with Crippen molar-refractivity contribution in [2.45, 2.75) is 6.92 Å². The van der Waals surface area contributed by atoms with Crippen molar-refractivity contribution in [2.24, 2.45) is 5.10 Å². The summed E-state index contributed by atoms with van der Waals surface area (Å²) in [5, 5.41) is 4.00. The van der Waals surface area contributed by atoms with E-state index in [0.717, 1.165) is 0 Å². The van der Waals surface area contributed by atoms with Crippen LogP contribution in [0.5, 0.6) is 23.0 Å². The number of hydrogen-bond donors (Lipinski definition) is 1. The SMILES string of the molecule is CCOc1cc(/C=N/NC(=O)c2ccc(OC)c(OC)c2)ccc1OC(=O)c1ccccc1. The van der Waals surface area contributed by atoms with Crippen molar-refractivity contribution in [3.8, 4) is 23.0 Å². The molecule has 0 fully saturated rings. The topological polar surface area (TPSA) is 95.5 Å². The van der Waals surface area contributed by atoms with Gasteiger partial charge in [0.1, 0.15) is 0 Å². The van der Waals surface area contributed by atoms with Crippen molar-refractivity contribution in [3.05, 3.63) is 83.4 Å². The molecule has 3 aromatic carbocycles. The highest BCUT2D eigenvalue weighted by molar-refractivity contribution is 5.95. The molecular weight excluding hydrogens is 424 g/mol. The summed E-state index contributed by atoms with van der Waals surface area (Å²) in [4.78, 5) is 24.7. The Morgan fingerprint density at radius 3 is 2.27 bits per heavy atom. The zero-order chi connectivity index (χ0) is 23.6. The third kappa shape index (κ3) is 6.10. The first-order valence-corrected chi connectivity index (χ1v) is 10.1. The molecule has 3 rings (SSSR count). The normalized spacial score (nSPS) is 10.5. The van der Waals surface area contributed by atoms with Crippen LogP contribution in [0.3, 0.4) is 0 Å². The number of nitrogens with zero attached hydrogens (tertiary/aromatic N) is 1. The Labute approximate surface area is 191 Å². The van der Waals surface area contributed by atoms with Gasteiger partial charge in [-0.1, -0.05) is 18.2 Å². The first-order valence-electron chi connectivity index (χ1n) is 10.1. The number of carbonyl (C=O) groups is 2. The van der Waals surface area contributed by atoms with Crippen LogP contribution in [-0.4, -0.2) is 38.9 Å². The molecule has 0 bridgehead atoms. The summed E-state index contributed by atoms with van der Waals surface area (Å²) in [5.74, 6) is 0.741. The first kappa shape index (κ1) is 23.3. The van der Waals surface area contributed by atoms with Crippen molar-refractivity contribution in [2.75, 3.05) is 20.8 Å². The molecule has 33 heavy (non-hydrogen) atoms. The molecule has 0 saturated carbocycles. The number of esters is 1. The Hall–Kier alpha value is -4.33. The van der Waals surface area contributed by atoms with Gasteiger partial charge in [0.2, 0.25) is 0 Å². The lowest BCUT2D eigenvalue weighted by Crippen LogP contribution is -2.17. The predicted molar refractivity (Wildman–Crippen MR) is 124 cm³/mol. The van der Waals surface area contributed by atoms with Crippen LogP contribution in [-0.2, 0) is 0 Å². The van der Waals surface area contributed by atoms with Crippen LogP contribution < -0.4 is 24.4 Å². The maximum Gasteiger partial charge on any atom is 0.343 e. The monoisotopic (exact) mass is 448 g/mol. The van der Waals surface area contributed by atoms with E-state index in [0.29, 0.717) is 40.5 Å². The fourth-order valence-electron chi connectivity index (χ4n) is 2.90. The van der Waals surface area contributed by atoms with Crippen molar-refractivity contribution < 1.29 is 28.5 Å². The van der Waals surface area contributed by atoms with Gasteiger partial charge in [-0.05, 0) is 61.0 Å². The van der Waals surface area contributed by atoms with E-state index in [2.05, 4.69) is 10.5 Å². The second kappa shape index (κ2) is 11.3. The molecule has 8 heteroatoms. The summed E-state index contributed by atoms with van der Waals surface area (Å²) in [7, 11) is 3.01. The van der Waals surface area contributed by atoms with Crippen LogP contribution >= 0.6 is 0 Å². The van der Waals surface area contributed by atoms with Crippen LogP contribution in [0, 0.1) is 0 Å². The largest absolute Gasteiger partial charge is 0.493 e. The lowest BCUT2D eigenvalue weighted by molar-refractivity contribution is 0.0728. The van der Waals surface area contributed by atoms with Crippen LogP contribution in [0.4, 0.5) is 0 Å². The highest BCUT2D eigenvalue weighted by atomic mass is 16.6. The summed E-state index contributed by atoms with van der Waals surface area (Å²) in [5.41, 5.74) is 3.91. The maximum atomic E-state index is 12.4. The zero-order valence-electron chi connectivity index (χ0n) is 18.5. The number of hydrogen-bond acceptors (Lipinski definition) is 7. The molecule has 0 aliphatic rings. The molecule has 1 amide bonds. The molecule has 0 saturated heterocycles. The van der Waals surface area contributed by atoms with Gasteiger partial charge in [0.05, 0.1) is 32.6 Å². The van der Waals surface area contributed by atoms with E-state index in [9.17, 15) is 9.59 Å². The van der Waals surface area contributed by atoms with Gasteiger partial charge in [0.15, 0.2) is 23.0 Å². The Morgan fingerprint density at radius 2 is 1.58 bits per heavy atom. The van der Waals surface area contributed by atoms with Crippen molar-refractivity contribution in [1.82, 2.24) is 5.43 Å². The highest BCUT2D eigenvalue weighted by Crippen LogP contribution is 2.29. The highest BCUT2D eigenvalue weighted by Gasteiger charge is 2.13. The molecule has 8 nitrogen and oxygen atoms in total. The number of carbonyl (C=O) groups excluding carboxylic acids is 2. The number of amides is 1. The van der Waals surface area contributed by atoms with Gasteiger partial charge in [-0.3, -0.25) is 4.79 Å². The molecule has 0 aliphatic heterocycles. The second-order valence-electron chi connectivity index (χ2n) is 6.66. The van der Waals surface area contributed by atoms with Crippen LogP contribution in [0.25, 0.3) is 0 Å². The van der Waals surface area contributed by atoms with E-state index in [1.807, 2.05) is 13.0 Å². The van der Waals surface area contributed by atoms with Gasteiger partial charge in [-0.15, -0.1) is 0 Å². The van der Waals surface area contributed by atoms with E-state index in [4.69, 9.17) is 18.9 Å². The lowest BCUT2D eigenvalue weighted by Gasteiger charge is -2.11. The Bertz CT molecular complexity index is 1140. The molecule has 0 radical (unpaired) electrons. The fraction of sp³-hybridized carbons (Fsp3) is 0.160. The molecule has 0 unspecified atom stereocenters. The van der Waals surface area contributed by atoms with E-state index in [1.165, 1.54) is 20.4 Å². The van der Waals surface area contributed by atoms with Crippen LogP contribution in [0.2, 0.25) is 0 Å². The van der Waals surface area contributed by atoms with Crippen molar-refractivity contribution in [1.29, 1.82) is 0 Å². The molecule has 0 aliphatic carbocycles. The molecule has 3 aromatic rings. The third-order valence-corrected chi connectivity index (χ3v) is 4.51. The van der Waals surface area contributed by atoms with Crippen LogP contribution in [0.15, 0.2) is 71.8 Å². The second-order valence-corrected chi connectivity index (χ2v) is 6.66. The Balaban J connectivity index is 1.70. The molecule has 0 spiro atoms. The number of methoxy groups -OCH3 is 2. The third-order valence-electron chi connectivity index (χ3n) is 4.51. The molecule has 0 heterocycles. The van der Waals surface area contributed by atoms with E-state index >= 15 is 0 Å². The average Bonchev–Trinajstić information content (AvgIpc) is 2.85. The van der Waals surface area contributed by atoms with Gasteiger partial charge in [0.25, 0.3) is 5.91 Å². The molecule has 0 atom stereocenters. The lowest BCUT2D eigenvalue weighted by atomic mass is 10.2. The summed E-state index contributed by atoms with van der Waals surface area (Å²) in [6.07, 6.45) is 1.46. The first-order chi connectivity index (χ1) is 16.0. The average molecular weight is 448 g/mol. The minimum atomic E-state index is -0.486. The van der Waals surface area contributed by atoms with Gasteiger partial charge in [0, 0.05) is 5.56 Å². The molecular formula is C25H24N2O6. The van der Waals surface area contributed by atoms with E-state index < -0.39 is 11.9 Å². The summed E-state index contributed by atoms with van der Waals surface area (Å²) >= 11 is 0. The smallest absolute Gasteiger partial charge is 0.343 e. The zero-order valence-corrected chi connectivity index (χ0v) is 18.5. The number of hydrazone groups is 1. The summed E-state index contributed by atoms with van der Waals surface area (Å²) in [6, 6.07) is 18.5. The van der Waals surface area contributed by atoms with Gasteiger partial charge >= 0.3 is 5.97 Å². The minimum Gasteiger partial charge on any atom is -0.493 e. The summed E-state index contributed by atoms with van der Waals surface area (Å²) in [6.45, 7) is 2.21. The standard InChI is InChI=1S/C25H24N2O6/c1-4-32-23-14-17(10-12-21(23)33-25(29)18-8-6-5-7-9-18)16-26-27-24(28)19-11-13-20(30-2)22(15-19)31-3/h5-16H,4H2,1-3H3,(H,27,28)/b26-16+. The van der Waals surface area contributed by atoms with E-state index in [1.54, 1.807) is 60.7 Å². The molecule has 1 N–H and O–H groups in total. The molecule has 0 aromatic heterocycles. The van der Waals surface area contributed by atoms with Crippen molar-refractivity contribution >= 4 is 18.1 Å². The Kier molecular flexibility index (Phi) is 8.02. The maximum absolute atomic E-state index is 12.4. The quantitative estimate of drug-likeness (QED) is 0.229. The number of rotatable bonds is 9. The van der Waals surface area contributed by atoms with Crippen LogP contribution in [0.1, 0.15) is 33.2 Å². The number of nitrogens with one attached hydrogen (secondary N) is 1. The van der Waals surface area contributed by atoms with Gasteiger partial charge < -0.3 is 18.9 Å². The fourth-order valence-corrected chi connectivity index (χ4v) is 2.90. The number of ether oxygens (including phenoxy) is 4.